The fourth-order valence-corrected chi connectivity index (χ4v) is 4.81. The lowest BCUT2D eigenvalue weighted by Gasteiger charge is -2.20. The first-order valence-corrected chi connectivity index (χ1v) is 13.1. The molecule has 3 aromatic carbocycles. The van der Waals surface area contributed by atoms with E-state index in [1.807, 2.05) is 55.0 Å². The highest BCUT2D eigenvalue weighted by molar-refractivity contribution is 9.10. The van der Waals surface area contributed by atoms with Gasteiger partial charge in [-0.15, -0.1) is 0 Å². The van der Waals surface area contributed by atoms with E-state index in [-0.39, 0.29) is 6.04 Å². The van der Waals surface area contributed by atoms with Gasteiger partial charge in [0, 0.05) is 29.1 Å². The number of pyridine rings is 1. The van der Waals surface area contributed by atoms with Crippen molar-refractivity contribution in [3.05, 3.63) is 156 Å². The second-order valence-corrected chi connectivity index (χ2v) is 9.65. The summed E-state index contributed by atoms with van der Waals surface area (Å²) in [4.78, 5) is 4.17. The molecule has 1 unspecified atom stereocenters. The zero-order valence-corrected chi connectivity index (χ0v) is 22.0. The number of nitrogens with one attached hydrogen (secondary N) is 2. The number of nitrogens with zero attached hydrogens (tertiary/aromatic N) is 1. The molecule has 0 fully saturated rings. The number of allylic oxidation sites excluding steroid dienone is 4. The molecule has 0 bridgehead atoms. The lowest BCUT2D eigenvalue weighted by molar-refractivity contribution is 0.751. The molecule has 0 spiro atoms. The summed E-state index contributed by atoms with van der Waals surface area (Å²) in [6, 6.07) is 29.8. The molecule has 1 aliphatic heterocycles. The molecule has 2 heterocycles. The van der Waals surface area contributed by atoms with Gasteiger partial charge in [0.25, 0.3) is 0 Å². The summed E-state index contributed by atoms with van der Waals surface area (Å²) < 4.78 is 1.03. The summed E-state index contributed by atoms with van der Waals surface area (Å²) in [7, 11) is 0. The van der Waals surface area contributed by atoms with Crippen molar-refractivity contribution in [1.29, 1.82) is 0 Å². The molecule has 3 nitrogen and oxygen atoms in total. The second-order valence-electron chi connectivity index (χ2n) is 8.73. The molecular formula is C33H28BrN3. The molecule has 2 N–H and O–H groups in total. The van der Waals surface area contributed by atoms with Crippen LogP contribution in [0.4, 0.5) is 0 Å². The van der Waals surface area contributed by atoms with Crippen LogP contribution in [-0.2, 0) is 0 Å². The smallest absolute Gasteiger partial charge is 0.0716 e. The lowest BCUT2D eigenvalue weighted by Crippen LogP contribution is -2.18. The van der Waals surface area contributed by atoms with Crippen LogP contribution in [0.2, 0.25) is 0 Å². The van der Waals surface area contributed by atoms with Gasteiger partial charge in [0.2, 0.25) is 0 Å². The van der Waals surface area contributed by atoms with E-state index < -0.39 is 0 Å². The highest BCUT2D eigenvalue weighted by atomic mass is 79.9. The first-order chi connectivity index (χ1) is 18.3. The van der Waals surface area contributed by atoms with Gasteiger partial charge in [-0.1, -0.05) is 94.8 Å². The van der Waals surface area contributed by atoms with Crippen molar-refractivity contribution in [3.8, 4) is 22.3 Å². The highest BCUT2D eigenvalue weighted by Crippen LogP contribution is 2.30. The molecule has 5 rings (SSSR count). The fourth-order valence-electron chi connectivity index (χ4n) is 4.30. The average Bonchev–Trinajstić information content (AvgIpc) is 2.94. The summed E-state index contributed by atoms with van der Waals surface area (Å²) in [5, 5.41) is 7.22. The predicted octanol–water partition coefficient (Wildman–Crippen LogP) is 8.08. The Hall–Kier alpha value is -4.15. The van der Waals surface area contributed by atoms with Crippen LogP contribution in [0.25, 0.3) is 28.0 Å². The normalized spacial score (nSPS) is 19.6. The number of halogens is 1. The van der Waals surface area contributed by atoms with E-state index in [2.05, 4.69) is 117 Å². The van der Waals surface area contributed by atoms with Crippen LogP contribution in [0.15, 0.2) is 144 Å². The fraction of sp³-hybridized carbons (Fsp3) is 0.0606. The van der Waals surface area contributed by atoms with Crippen molar-refractivity contribution in [2.75, 3.05) is 6.54 Å². The Morgan fingerprint density at radius 1 is 0.676 bits per heavy atom. The Kier molecular flexibility index (Phi) is 8.09. The molecule has 1 aliphatic rings. The second kappa shape index (κ2) is 12.2. The van der Waals surface area contributed by atoms with Crippen LogP contribution in [0.3, 0.4) is 0 Å². The van der Waals surface area contributed by atoms with E-state index in [4.69, 9.17) is 0 Å². The molecule has 0 saturated carbocycles. The van der Waals surface area contributed by atoms with E-state index in [0.717, 1.165) is 39.0 Å². The zero-order valence-electron chi connectivity index (χ0n) is 20.4. The van der Waals surface area contributed by atoms with E-state index in [0.29, 0.717) is 0 Å². The third kappa shape index (κ3) is 6.54. The monoisotopic (exact) mass is 545 g/mol. The van der Waals surface area contributed by atoms with Crippen LogP contribution in [-0.4, -0.2) is 11.5 Å². The van der Waals surface area contributed by atoms with Crippen molar-refractivity contribution in [2.45, 2.75) is 6.04 Å². The quantitative estimate of drug-likeness (QED) is 0.272. The number of rotatable bonds is 4. The Morgan fingerprint density at radius 2 is 1.38 bits per heavy atom. The Balaban J connectivity index is 1.54. The van der Waals surface area contributed by atoms with E-state index in [9.17, 15) is 0 Å². The Labute approximate surface area is 227 Å². The summed E-state index contributed by atoms with van der Waals surface area (Å²) in [5.41, 5.74) is 8.06. The third-order valence-electron chi connectivity index (χ3n) is 6.18. The highest BCUT2D eigenvalue weighted by Gasteiger charge is 2.13. The number of aromatic nitrogens is 1. The molecule has 182 valence electrons. The first kappa shape index (κ1) is 24.5. The zero-order chi connectivity index (χ0) is 25.3. The van der Waals surface area contributed by atoms with Gasteiger partial charge >= 0.3 is 0 Å². The van der Waals surface area contributed by atoms with Crippen molar-refractivity contribution >= 4 is 21.6 Å². The lowest BCUT2D eigenvalue weighted by atomic mass is 9.97. The molecule has 4 heteroatoms. The van der Waals surface area contributed by atoms with Crippen molar-refractivity contribution in [3.63, 3.8) is 0 Å². The van der Waals surface area contributed by atoms with Crippen LogP contribution < -0.4 is 10.6 Å². The van der Waals surface area contributed by atoms with Gasteiger partial charge in [0.1, 0.15) is 0 Å². The summed E-state index contributed by atoms with van der Waals surface area (Å²) in [5.74, 6) is 0. The van der Waals surface area contributed by atoms with Gasteiger partial charge in [-0.05, 0) is 82.1 Å². The van der Waals surface area contributed by atoms with Crippen LogP contribution in [0, 0.1) is 0 Å². The SMILES string of the molecule is Brc1cc(-c2ccncc2)cc(C2/C=C(/c3ccc(-c4ccccc4)cc3)NC/C=C/C=C\C=C/N2)c1. The van der Waals surface area contributed by atoms with Gasteiger partial charge in [-0.3, -0.25) is 4.98 Å². The summed E-state index contributed by atoms with van der Waals surface area (Å²) in [6.07, 6.45) is 18.2. The van der Waals surface area contributed by atoms with Crippen LogP contribution >= 0.6 is 15.9 Å². The summed E-state index contributed by atoms with van der Waals surface area (Å²) in [6.45, 7) is 0.730. The number of hydrogen-bond acceptors (Lipinski definition) is 3. The number of hydrogen-bond donors (Lipinski definition) is 2. The van der Waals surface area contributed by atoms with Crippen molar-refractivity contribution in [2.24, 2.45) is 0 Å². The van der Waals surface area contributed by atoms with Gasteiger partial charge in [0.15, 0.2) is 0 Å². The maximum absolute atomic E-state index is 4.17. The first-order valence-electron chi connectivity index (χ1n) is 12.3. The largest absolute Gasteiger partial charge is 0.381 e. The number of benzene rings is 3. The predicted molar refractivity (Wildman–Crippen MR) is 159 cm³/mol. The minimum Gasteiger partial charge on any atom is -0.381 e. The molecule has 0 radical (unpaired) electrons. The maximum atomic E-state index is 4.17. The Morgan fingerprint density at radius 3 is 2.19 bits per heavy atom. The topological polar surface area (TPSA) is 37.0 Å². The summed E-state index contributed by atoms with van der Waals surface area (Å²) >= 11 is 3.73. The molecule has 4 aromatic rings. The maximum Gasteiger partial charge on any atom is 0.0716 e. The molecule has 0 aliphatic carbocycles. The molecule has 0 amide bonds. The van der Waals surface area contributed by atoms with Gasteiger partial charge in [-0.25, -0.2) is 0 Å². The standard InChI is InChI=1S/C33H28BrN3/c34-31-22-29(27-15-19-35-20-16-27)21-30(23-31)33-24-32(36-17-7-2-1-3-8-18-37-33)28-13-11-26(12-14-28)25-9-5-4-6-10-25/h1-16,18-24,33,36-37H,17H2/b3-1-,7-2+,18-8-,32-24-. The minimum absolute atomic E-state index is 0.0533. The molecular weight excluding hydrogens is 518 g/mol. The van der Waals surface area contributed by atoms with Gasteiger partial charge in [-0.2, -0.15) is 0 Å². The van der Waals surface area contributed by atoms with Crippen molar-refractivity contribution in [1.82, 2.24) is 15.6 Å². The Bertz CT molecular complexity index is 1440. The van der Waals surface area contributed by atoms with E-state index >= 15 is 0 Å². The van der Waals surface area contributed by atoms with E-state index in [1.54, 1.807) is 0 Å². The minimum atomic E-state index is -0.0533. The van der Waals surface area contributed by atoms with Crippen LogP contribution in [0.1, 0.15) is 17.2 Å². The molecule has 1 atom stereocenters. The van der Waals surface area contributed by atoms with Gasteiger partial charge < -0.3 is 10.6 Å². The van der Waals surface area contributed by atoms with E-state index in [1.165, 1.54) is 11.1 Å². The van der Waals surface area contributed by atoms with Crippen LogP contribution in [0.5, 0.6) is 0 Å². The molecule has 0 saturated heterocycles. The molecule has 1 aromatic heterocycles. The average molecular weight is 547 g/mol. The van der Waals surface area contributed by atoms with Gasteiger partial charge in [0.05, 0.1) is 6.04 Å². The molecule has 37 heavy (non-hydrogen) atoms. The third-order valence-corrected chi connectivity index (χ3v) is 6.64. The van der Waals surface area contributed by atoms with Crippen molar-refractivity contribution < 1.29 is 0 Å².